The maximum absolute atomic E-state index is 12.3. The lowest BCUT2D eigenvalue weighted by Crippen LogP contribution is -2.19. The molecule has 12 heteroatoms. The number of nitrogens with one attached hydrogen (secondary N) is 3. The molecule has 4 aromatic rings. The number of aromatic nitrogens is 2. The van der Waals surface area contributed by atoms with Crippen LogP contribution in [0.5, 0.6) is 0 Å². The van der Waals surface area contributed by atoms with Crippen molar-refractivity contribution in [1.29, 1.82) is 0 Å². The van der Waals surface area contributed by atoms with E-state index in [2.05, 4.69) is 25.9 Å². The van der Waals surface area contributed by atoms with Crippen LogP contribution < -0.4 is 26.0 Å². The van der Waals surface area contributed by atoms with Crippen molar-refractivity contribution in [2.45, 2.75) is 4.90 Å². The Bertz CT molecular complexity index is 1500. The standard InChI is InChI=1S/C24H22ClN7O3S/c1-32(20-10-8-17(9-11-20)29-24(33)30-18-5-2-4-16(25)14-18)22-12-13-27-23(31-22)28-19-6-3-7-21(15-19)36(26,34)35/h2-15H,1H3,(H2,26,34,35)(H,27,28,31)(H2,29,30,33). The van der Waals surface area contributed by atoms with E-state index in [4.69, 9.17) is 16.7 Å². The van der Waals surface area contributed by atoms with Crippen molar-refractivity contribution in [2.75, 3.05) is 27.9 Å². The van der Waals surface area contributed by atoms with Crippen LogP contribution in [0.1, 0.15) is 0 Å². The van der Waals surface area contributed by atoms with Gasteiger partial charge in [0, 0.05) is 41.0 Å². The lowest BCUT2D eigenvalue weighted by molar-refractivity contribution is 0.262. The minimum Gasteiger partial charge on any atom is -0.329 e. The molecule has 0 aliphatic carbocycles. The van der Waals surface area contributed by atoms with Crippen LogP contribution in [0.4, 0.5) is 39.3 Å². The number of rotatable bonds is 7. The molecular formula is C24H22ClN7O3S. The number of anilines is 6. The van der Waals surface area contributed by atoms with Crippen molar-refractivity contribution < 1.29 is 13.2 Å². The van der Waals surface area contributed by atoms with Crippen molar-refractivity contribution in [3.8, 4) is 0 Å². The molecular weight excluding hydrogens is 502 g/mol. The van der Waals surface area contributed by atoms with E-state index in [1.54, 1.807) is 60.8 Å². The van der Waals surface area contributed by atoms with Crippen LogP contribution in [0, 0.1) is 0 Å². The highest BCUT2D eigenvalue weighted by Crippen LogP contribution is 2.25. The van der Waals surface area contributed by atoms with E-state index < -0.39 is 16.1 Å². The number of sulfonamides is 1. The van der Waals surface area contributed by atoms with Crippen LogP contribution in [-0.4, -0.2) is 31.5 Å². The molecule has 0 fully saturated rings. The minimum absolute atomic E-state index is 0.0179. The molecule has 1 aromatic heterocycles. The smallest absolute Gasteiger partial charge is 0.323 e. The van der Waals surface area contributed by atoms with Gasteiger partial charge in [-0.25, -0.2) is 23.3 Å². The second-order valence-corrected chi connectivity index (χ2v) is 9.63. The Morgan fingerprint density at radius 3 is 2.33 bits per heavy atom. The lowest BCUT2D eigenvalue weighted by atomic mass is 10.2. The van der Waals surface area contributed by atoms with Gasteiger partial charge in [-0.05, 0) is 66.7 Å². The number of hydrogen-bond donors (Lipinski definition) is 4. The summed E-state index contributed by atoms with van der Waals surface area (Å²) >= 11 is 5.94. The molecule has 4 rings (SSSR count). The number of hydrogen-bond acceptors (Lipinski definition) is 7. The fraction of sp³-hybridized carbons (Fsp3) is 0.0417. The normalized spacial score (nSPS) is 11.0. The largest absolute Gasteiger partial charge is 0.329 e. The zero-order chi connectivity index (χ0) is 25.7. The zero-order valence-corrected chi connectivity index (χ0v) is 20.6. The molecule has 0 saturated heterocycles. The molecule has 0 saturated carbocycles. The summed E-state index contributed by atoms with van der Waals surface area (Å²) in [6.45, 7) is 0. The first-order chi connectivity index (χ1) is 17.2. The Morgan fingerprint density at radius 2 is 1.61 bits per heavy atom. The summed E-state index contributed by atoms with van der Waals surface area (Å²) in [6, 6.07) is 21.5. The van der Waals surface area contributed by atoms with Gasteiger partial charge in [-0.2, -0.15) is 4.98 Å². The molecule has 10 nitrogen and oxygen atoms in total. The average Bonchev–Trinajstić information content (AvgIpc) is 2.84. The monoisotopic (exact) mass is 523 g/mol. The number of urea groups is 1. The number of benzene rings is 3. The van der Waals surface area contributed by atoms with E-state index in [9.17, 15) is 13.2 Å². The van der Waals surface area contributed by atoms with Crippen LogP contribution in [0.2, 0.25) is 5.02 Å². The molecule has 0 aliphatic rings. The maximum Gasteiger partial charge on any atom is 0.323 e. The first-order valence-corrected chi connectivity index (χ1v) is 12.5. The topological polar surface area (TPSA) is 142 Å². The van der Waals surface area contributed by atoms with Gasteiger partial charge in [0.15, 0.2) is 0 Å². The number of primary sulfonamides is 1. The summed E-state index contributed by atoms with van der Waals surface area (Å²) in [7, 11) is -1.99. The third kappa shape index (κ3) is 6.48. The predicted octanol–water partition coefficient (Wildman–Crippen LogP) is 4.93. The molecule has 184 valence electrons. The van der Waals surface area contributed by atoms with E-state index in [0.29, 0.717) is 27.9 Å². The number of carbonyl (C=O) groups is 1. The Hall–Kier alpha value is -4.19. The Kier molecular flexibility index (Phi) is 7.34. The van der Waals surface area contributed by atoms with Crippen molar-refractivity contribution in [2.24, 2.45) is 5.14 Å². The van der Waals surface area contributed by atoms with E-state index >= 15 is 0 Å². The molecule has 3 aromatic carbocycles. The van der Waals surface area contributed by atoms with Crippen molar-refractivity contribution in [3.63, 3.8) is 0 Å². The Morgan fingerprint density at radius 1 is 0.917 bits per heavy atom. The second-order valence-electron chi connectivity index (χ2n) is 7.63. The maximum atomic E-state index is 12.3. The number of carbonyl (C=O) groups excluding carboxylic acids is 1. The Balaban J connectivity index is 1.42. The molecule has 2 amide bonds. The highest BCUT2D eigenvalue weighted by atomic mass is 35.5. The molecule has 36 heavy (non-hydrogen) atoms. The summed E-state index contributed by atoms with van der Waals surface area (Å²) in [5, 5.41) is 14.2. The number of nitrogens with zero attached hydrogens (tertiary/aromatic N) is 3. The van der Waals surface area contributed by atoms with Gasteiger partial charge in [-0.3, -0.25) is 0 Å². The predicted molar refractivity (Wildman–Crippen MR) is 142 cm³/mol. The summed E-state index contributed by atoms with van der Waals surface area (Å²) in [5.74, 6) is 0.872. The number of nitrogens with two attached hydrogens (primary N) is 1. The summed E-state index contributed by atoms with van der Waals surface area (Å²) < 4.78 is 23.2. The van der Waals surface area contributed by atoms with Crippen LogP contribution in [0.15, 0.2) is 90.0 Å². The number of halogens is 1. The van der Waals surface area contributed by atoms with Gasteiger partial charge in [0.2, 0.25) is 16.0 Å². The van der Waals surface area contributed by atoms with Gasteiger partial charge in [0.25, 0.3) is 0 Å². The first-order valence-electron chi connectivity index (χ1n) is 10.6. The Labute approximate surface area is 213 Å². The molecule has 1 heterocycles. The van der Waals surface area contributed by atoms with E-state index in [1.165, 1.54) is 12.1 Å². The first kappa shape index (κ1) is 24.9. The highest BCUT2D eigenvalue weighted by molar-refractivity contribution is 7.89. The fourth-order valence-electron chi connectivity index (χ4n) is 3.24. The van der Waals surface area contributed by atoms with Crippen molar-refractivity contribution >= 4 is 62.2 Å². The highest BCUT2D eigenvalue weighted by Gasteiger charge is 2.11. The van der Waals surface area contributed by atoms with Crippen molar-refractivity contribution in [3.05, 3.63) is 90.1 Å². The molecule has 0 bridgehead atoms. The quantitative estimate of drug-likeness (QED) is 0.269. The fourth-order valence-corrected chi connectivity index (χ4v) is 3.99. The van der Waals surface area contributed by atoms with E-state index in [1.807, 2.05) is 24.1 Å². The van der Waals surface area contributed by atoms with E-state index in [-0.39, 0.29) is 10.8 Å². The molecule has 0 aliphatic heterocycles. The van der Waals surface area contributed by atoms with Crippen LogP contribution >= 0.6 is 11.6 Å². The van der Waals surface area contributed by atoms with Gasteiger partial charge in [0.05, 0.1) is 4.90 Å². The molecule has 0 unspecified atom stereocenters. The molecule has 0 spiro atoms. The van der Waals surface area contributed by atoms with Gasteiger partial charge < -0.3 is 20.9 Å². The molecule has 0 radical (unpaired) electrons. The lowest BCUT2D eigenvalue weighted by Gasteiger charge is -2.19. The minimum atomic E-state index is -3.83. The third-order valence-electron chi connectivity index (χ3n) is 5.00. The molecule has 0 atom stereocenters. The van der Waals surface area contributed by atoms with Crippen LogP contribution in [-0.2, 0) is 10.0 Å². The molecule has 5 N–H and O–H groups in total. The SMILES string of the molecule is CN(c1ccc(NC(=O)Nc2cccc(Cl)c2)cc1)c1ccnc(Nc2cccc(S(N)(=O)=O)c2)n1. The third-order valence-corrected chi connectivity index (χ3v) is 6.14. The van der Waals surface area contributed by atoms with Gasteiger partial charge in [0.1, 0.15) is 5.82 Å². The summed E-state index contributed by atoms with van der Waals surface area (Å²) in [5.41, 5.74) is 2.48. The second kappa shape index (κ2) is 10.6. The average molecular weight is 524 g/mol. The van der Waals surface area contributed by atoms with Crippen LogP contribution in [0.3, 0.4) is 0 Å². The van der Waals surface area contributed by atoms with Gasteiger partial charge in [-0.15, -0.1) is 0 Å². The summed E-state index contributed by atoms with van der Waals surface area (Å²) in [4.78, 5) is 22.8. The summed E-state index contributed by atoms with van der Waals surface area (Å²) in [6.07, 6.45) is 1.58. The van der Waals surface area contributed by atoms with Gasteiger partial charge >= 0.3 is 6.03 Å². The van der Waals surface area contributed by atoms with Gasteiger partial charge in [-0.1, -0.05) is 23.7 Å². The number of amides is 2. The van der Waals surface area contributed by atoms with Crippen LogP contribution in [0.25, 0.3) is 0 Å². The zero-order valence-electron chi connectivity index (χ0n) is 19.0. The van der Waals surface area contributed by atoms with E-state index in [0.717, 1.165) is 5.69 Å². The van der Waals surface area contributed by atoms with Crippen molar-refractivity contribution in [1.82, 2.24) is 9.97 Å².